The molecule has 0 aromatic carbocycles. The van der Waals surface area contributed by atoms with Gasteiger partial charge in [0, 0.05) is 12.8 Å². The van der Waals surface area contributed by atoms with Gasteiger partial charge in [0.15, 0.2) is 0 Å². The number of esters is 2. The standard InChI is InChI=1S/2C15H30O3/c1-3-4-5-6-7-8-9-10-11-12-15(17)18-13-14(2)16;1-3-4-5-6-7-8-9-10-11-12-15(17)18-14(2)13-16/h2*14,16H,3-13H2,1-2H3. The molecule has 2 atom stereocenters. The molecule has 0 saturated carbocycles. The fourth-order valence-electron chi connectivity index (χ4n) is 3.77. The van der Waals surface area contributed by atoms with Crippen molar-refractivity contribution in [3.63, 3.8) is 0 Å². The van der Waals surface area contributed by atoms with Gasteiger partial charge in [0.25, 0.3) is 0 Å². The summed E-state index contributed by atoms with van der Waals surface area (Å²) in [7, 11) is 0. The van der Waals surface area contributed by atoms with Crippen molar-refractivity contribution < 1.29 is 29.3 Å². The molecule has 2 unspecified atom stereocenters. The molecule has 0 rings (SSSR count). The second-order valence-electron chi connectivity index (χ2n) is 10.2. The van der Waals surface area contributed by atoms with Crippen LogP contribution in [0.25, 0.3) is 0 Å². The van der Waals surface area contributed by atoms with Gasteiger partial charge in [0.2, 0.25) is 0 Å². The van der Waals surface area contributed by atoms with E-state index in [1.807, 2.05) is 0 Å². The number of hydrogen-bond donors (Lipinski definition) is 2. The lowest BCUT2D eigenvalue weighted by Crippen LogP contribution is -2.18. The first-order valence-corrected chi connectivity index (χ1v) is 15.0. The molecule has 0 amide bonds. The van der Waals surface area contributed by atoms with Crippen molar-refractivity contribution >= 4 is 11.9 Å². The molecule has 0 heterocycles. The predicted octanol–water partition coefficient (Wildman–Crippen LogP) is 7.66. The maximum Gasteiger partial charge on any atom is 0.306 e. The van der Waals surface area contributed by atoms with Crippen molar-refractivity contribution in [2.45, 2.75) is 168 Å². The van der Waals surface area contributed by atoms with Crippen LogP contribution in [0.15, 0.2) is 0 Å². The second kappa shape index (κ2) is 30.1. The second-order valence-corrected chi connectivity index (χ2v) is 10.2. The average molecular weight is 517 g/mol. The first-order valence-electron chi connectivity index (χ1n) is 15.0. The van der Waals surface area contributed by atoms with Crippen LogP contribution < -0.4 is 0 Å². The first kappa shape index (κ1) is 37.0. The summed E-state index contributed by atoms with van der Waals surface area (Å²) in [6.45, 7) is 7.81. The largest absolute Gasteiger partial charge is 0.463 e. The molecule has 0 aromatic rings. The Balaban J connectivity index is 0. The SMILES string of the molecule is CCCCCCCCCCCC(=O)OC(C)CO.CCCCCCCCCCCC(=O)OCC(C)O. The molecule has 0 radical (unpaired) electrons. The molecule has 0 aliphatic rings. The highest BCUT2D eigenvalue weighted by Gasteiger charge is 2.07. The molecule has 0 saturated heterocycles. The van der Waals surface area contributed by atoms with Crippen molar-refractivity contribution in [3.8, 4) is 0 Å². The van der Waals surface area contributed by atoms with Crippen LogP contribution in [0.4, 0.5) is 0 Å². The molecule has 0 bridgehead atoms. The number of carbonyl (C=O) groups excluding carboxylic acids is 2. The van der Waals surface area contributed by atoms with E-state index in [9.17, 15) is 9.59 Å². The van der Waals surface area contributed by atoms with Gasteiger partial charge in [-0.25, -0.2) is 0 Å². The topological polar surface area (TPSA) is 93.1 Å². The van der Waals surface area contributed by atoms with E-state index < -0.39 is 6.10 Å². The third-order valence-electron chi connectivity index (χ3n) is 6.04. The molecular formula is C30H60O6. The number of ether oxygens (including phenoxy) is 2. The van der Waals surface area contributed by atoms with Crippen LogP contribution in [0.1, 0.15) is 156 Å². The van der Waals surface area contributed by atoms with Crippen molar-refractivity contribution in [2.24, 2.45) is 0 Å². The molecular weight excluding hydrogens is 456 g/mol. The number of unbranched alkanes of at least 4 members (excludes halogenated alkanes) is 16. The minimum absolute atomic E-state index is 0.0938. The highest BCUT2D eigenvalue weighted by molar-refractivity contribution is 5.69. The van der Waals surface area contributed by atoms with Gasteiger partial charge in [-0.05, 0) is 26.7 Å². The number of rotatable bonds is 24. The summed E-state index contributed by atoms with van der Waals surface area (Å²) in [5.41, 5.74) is 0. The highest BCUT2D eigenvalue weighted by Crippen LogP contribution is 2.12. The molecule has 6 heteroatoms. The van der Waals surface area contributed by atoms with E-state index in [1.54, 1.807) is 13.8 Å². The highest BCUT2D eigenvalue weighted by atomic mass is 16.6. The summed E-state index contributed by atoms with van der Waals surface area (Å²) < 4.78 is 9.87. The van der Waals surface area contributed by atoms with Gasteiger partial charge in [-0.15, -0.1) is 0 Å². The Kier molecular flexibility index (Phi) is 30.9. The summed E-state index contributed by atoms with van der Waals surface area (Å²) in [6.07, 6.45) is 22.5. The Bertz CT molecular complexity index is 466. The number of aliphatic hydroxyl groups excluding tert-OH is 2. The fourth-order valence-corrected chi connectivity index (χ4v) is 3.77. The molecule has 0 aliphatic carbocycles. The minimum atomic E-state index is -0.558. The van der Waals surface area contributed by atoms with E-state index in [1.165, 1.54) is 89.9 Å². The van der Waals surface area contributed by atoms with E-state index in [-0.39, 0.29) is 31.3 Å². The number of carbonyl (C=O) groups is 2. The van der Waals surface area contributed by atoms with E-state index in [0.717, 1.165) is 25.7 Å². The lowest BCUT2D eigenvalue weighted by atomic mass is 10.1. The zero-order chi connectivity index (χ0) is 27.3. The van der Waals surface area contributed by atoms with Gasteiger partial charge in [0.1, 0.15) is 12.7 Å². The van der Waals surface area contributed by atoms with Gasteiger partial charge in [-0.3, -0.25) is 9.59 Å². The summed E-state index contributed by atoms with van der Waals surface area (Å²) in [5, 5.41) is 17.7. The molecule has 0 fully saturated rings. The third kappa shape index (κ3) is 32.9. The lowest BCUT2D eigenvalue weighted by molar-refractivity contribution is -0.150. The summed E-state index contributed by atoms with van der Waals surface area (Å²) in [5.74, 6) is -0.363. The Hall–Kier alpha value is -1.14. The monoisotopic (exact) mass is 516 g/mol. The summed E-state index contributed by atoms with van der Waals surface area (Å²) >= 11 is 0. The van der Waals surface area contributed by atoms with Crippen LogP contribution in [0.2, 0.25) is 0 Å². The van der Waals surface area contributed by atoms with E-state index in [4.69, 9.17) is 19.7 Å². The first-order chi connectivity index (χ1) is 17.4. The van der Waals surface area contributed by atoms with Crippen molar-refractivity contribution in [3.05, 3.63) is 0 Å². The van der Waals surface area contributed by atoms with Gasteiger partial charge < -0.3 is 19.7 Å². The van der Waals surface area contributed by atoms with E-state index in [2.05, 4.69) is 13.8 Å². The zero-order valence-corrected chi connectivity index (χ0v) is 24.2. The average Bonchev–Trinajstić information content (AvgIpc) is 2.85. The Morgan fingerprint density at radius 2 is 0.972 bits per heavy atom. The number of hydrogen-bond acceptors (Lipinski definition) is 6. The Morgan fingerprint density at radius 1 is 0.611 bits per heavy atom. The lowest BCUT2D eigenvalue weighted by Gasteiger charge is -2.09. The smallest absolute Gasteiger partial charge is 0.306 e. The summed E-state index contributed by atoms with van der Waals surface area (Å²) in [4.78, 5) is 22.5. The minimum Gasteiger partial charge on any atom is -0.463 e. The van der Waals surface area contributed by atoms with Gasteiger partial charge in [-0.2, -0.15) is 0 Å². The van der Waals surface area contributed by atoms with Crippen molar-refractivity contribution in [1.82, 2.24) is 0 Å². The van der Waals surface area contributed by atoms with Crippen molar-refractivity contribution in [1.29, 1.82) is 0 Å². The van der Waals surface area contributed by atoms with Crippen LogP contribution in [0, 0.1) is 0 Å². The molecule has 0 aliphatic heterocycles. The molecule has 0 aromatic heterocycles. The molecule has 0 spiro atoms. The third-order valence-corrected chi connectivity index (χ3v) is 6.04. The maximum atomic E-state index is 11.3. The van der Waals surface area contributed by atoms with Crippen LogP contribution in [0.5, 0.6) is 0 Å². The maximum absolute atomic E-state index is 11.3. The Morgan fingerprint density at radius 3 is 1.33 bits per heavy atom. The number of aliphatic hydroxyl groups is 2. The zero-order valence-electron chi connectivity index (χ0n) is 24.2. The molecule has 36 heavy (non-hydrogen) atoms. The molecule has 2 N–H and O–H groups in total. The predicted molar refractivity (Wildman–Crippen MR) is 149 cm³/mol. The van der Waals surface area contributed by atoms with E-state index >= 15 is 0 Å². The fraction of sp³-hybridized carbons (Fsp3) is 0.933. The van der Waals surface area contributed by atoms with Gasteiger partial charge in [0.05, 0.1) is 12.7 Å². The molecule has 6 nitrogen and oxygen atoms in total. The Labute approximate surface area is 222 Å². The van der Waals surface area contributed by atoms with Crippen LogP contribution in [0.3, 0.4) is 0 Å². The van der Waals surface area contributed by atoms with Crippen LogP contribution >= 0.6 is 0 Å². The normalized spacial score (nSPS) is 12.4. The van der Waals surface area contributed by atoms with Gasteiger partial charge in [-0.1, -0.05) is 117 Å². The van der Waals surface area contributed by atoms with Crippen LogP contribution in [-0.4, -0.2) is 47.6 Å². The quantitative estimate of drug-likeness (QED) is 0.101. The van der Waals surface area contributed by atoms with Crippen LogP contribution in [-0.2, 0) is 19.1 Å². The van der Waals surface area contributed by atoms with Crippen molar-refractivity contribution in [2.75, 3.05) is 13.2 Å². The molecule has 216 valence electrons. The van der Waals surface area contributed by atoms with E-state index in [0.29, 0.717) is 12.8 Å². The van der Waals surface area contributed by atoms with Gasteiger partial charge >= 0.3 is 11.9 Å². The summed E-state index contributed by atoms with van der Waals surface area (Å²) in [6, 6.07) is 0.